The summed E-state index contributed by atoms with van der Waals surface area (Å²) in [6, 6.07) is 23.5. The van der Waals surface area contributed by atoms with Crippen molar-refractivity contribution in [3.8, 4) is 11.1 Å². The molecule has 3 N–H and O–H groups in total. The Labute approximate surface area is 277 Å². The summed E-state index contributed by atoms with van der Waals surface area (Å²) in [6.07, 6.45) is 5.80. The Kier molecular flexibility index (Phi) is 8.34. The van der Waals surface area contributed by atoms with Gasteiger partial charge < -0.3 is 15.1 Å². The van der Waals surface area contributed by atoms with Gasteiger partial charge in [0.15, 0.2) is 0 Å². The van der Waals surface area contributed by atoms with Crippen LogP contribution >= 0.6 is 0 Å². The summed E-state index contributed by atoms with van der Waals surface area (Å²) < 4.78 is 0. The standard InChI is InChI=1S/C38H33N5O2.Mn/c1-5-29-21(3)33-17-27-13-15-31(40-27)37(23-7-9-24(10-8-23)38(44)45)32-16-14-28(41-32)18-34-22(4)30(6-2)36(43-34)20-26-12-11-25(39-26)19-35(29)42-33;/h7-20,40-41H,5-6H2,1-4H3,(H,44,45);/q;+2. The maximum atomic E-state index is 11.6. The number of carbonyl (C=O) groups is 1. The summed E-state index contributed by atoms with van der Waals surface area (Å²) in [4.78, 5) is 33.7. The van der Waals surface area contributed by atoms with Gasteiger partial charge in [-0.3, -0.25) is 0 Å². The van der Waals surface area contributed by atoms with Crippen molar-refractivity contribution in [2.75, 3.05) is 0 Å². The Bertz CT molecular complexity index is 2110. The molecule has 1 radical (unpaired) electrons. The van der Waals surface area contributed by atoms with Gasteiger partial charge in [0.25, 0.3) is 0 Å². The van der Waals surface area contributed by atoms with Crippen LogP contribution in [0.25, 0.3) is 67.6 Å². The first kappa shape index (κ1) is 31.0. The Balaban J connectivity index is 0.00000372. The number of carboxylic acids is 1. The molecule has 0 amide bonds. The number of aromatic nitrogens is 5. The molecule has 0 spiro atoms. The number of allylic oxidation sites excluding steroid dienone is 4. The van der Waals surface area contributed by atoms with Gasteiger partial charge in [0.05, 0.1) is 39.7 Å². The second kappa shape index (κ2) is 12.4. The maximum absolute atomic E-state index is 11.6. The van der Waals surface area contributed by atoms with Crippen molar-refractivity contribution < 1.29 is 27.0 Å². The van der Waals surface area contributed by atoms with Crippen molar-refractivity contribution in [2.45, 2.75) is 40.5 Å². The largest absolute Gasteiger partial charge is 2.00 e. The van der Waals surface area contributed by atoms with Crippen LogP contribution < -0.4 is 0 Å². The number of nitrogens with zero attached hydrogens (tertiary/aromatic N) is 3. The molecule has 0 aliphatic carbocycles. The van der Waals surface area contributed by atoms with Gasteiger partial charge in [0.1, 0.15) is 0 Å². The summed E-state index contributed by atoms with van der Waals surface area (Å²) in [7, 11) is 0. The van der Waals surface area contributed by atoms with Crippen molar-refractivity contribution in [1.29, 1.82) is 0 Å². The van der Waals surface area contributed by atoms with Gasteiger partial charge in [-0.25, -0.2) is 19.7 Å². The molecule has 227 valence electrons. The molecular formula is C38H33MnN5O2+2. The fourth-order valence-electron chi connectivity index (χ4n) is 6.32. The number of carboxylic acid groups (broad SMARTS) is 1. The minimum absolute atomic E-state index is 0. The van der Waals surface area contributed by atoms with E-state index < -0.39 is 5.97 Å². The number of aromatic amines is 2. The third-order valence-electron chi connectivity index (χ3n) is 8.69. The van der Waals surface area contributed by atoms with E-state index in [0.717, 1.165) is 91.3 Å². The number of benzene rings is 1. The predicted molar refractivity (Wildman–Crippen MR) is 183 cm³/mol. The second-order valence-corrected chi connectivity index (χ2v) is 11.5. The molecule has 0 saturated carbocycles. The van der Waals surface area contributed by atoms with Gasteiger partial charge in [0, 0.05) is 27.6 Å². The van der Waals surface area contributed by atoms with E-state index in [0.29, 0.717) is 0 Å². The Hall–Kier alpha value is -5.04. The zero-order valence-electron chi connectivity index (χ0n) is 26.1. The Morgan fingerprint density at radius 3 is 1.57 bits per heavy atom. The van der Waals surface area contributed by atoms with Gasteiger partial charge in [0.2, 0.25) is 0 Å². The minimum Gasteiger partial charge on any atom is -0.478 e. The average molecular weight is 647 g/mol. The third kappa shape index (κ3) is 5.62. The number of fused-ring (bicyclic) bond motifs is 10. The van der Waals surface area contributed by atoms with E-state index in [1.54, 1.807) is 12.1 Å². The van der Waals surface area contributed by atoms with Crippen LogP contribution in [0.2, 0.25) is 0 Å². The third-order valence-corrected chi connectivity index (χ3v) is 8.69. The summed E-state index contributed by atoms with van der Waals surface area (Å²) in [5.74, 6) is -0.952. The van der Waals surface area contributed by atoms with Crippen LogP contribution in [-0.4, -0.2) is 36.0 Å². The first-order valence-electron chi connectivity index (χ1n) is 15.3. The molecule has 0 unspecified atom stereocenters. The smallest absolute Gasteiger partial charge is 0.478 e. The van der Waals surface area contributed by atoms with Gasteiger partial charge >= 0.3 is 23.0 Å². The molecule has 0 atom stereocenters. The molecule has 4 aromatic rings. The molecular weight excluding hydrogens is 613 g/mol. The molecule has 0 saturated heterocycles. The number of hydrogen-bond donors (Lipinski definition) is 3. The van der Waals surface area contributed by atoms with E-state index >= 15 is 0 Å². The van der Waals surface area contributed by atoms with Crippen LogP contribution in [0.1, 0.15) is 85.1 Å². The van der Waals surface area contributed by atoms with Crippen LogP contribution in [0.3, 0.4) is 0 Å². The van der Waals surface area contributed by atoms with Crippen molar-refractivity contribution in [3.05, 3.63) is 113 Å². The molecule has 3 aromatic heterocycles. The zero-order valence-corrected chi connectivity index (χ0v) is 27.3. The van der Waals surface area contributed by atoms with Crippen molar-refractivity contribution in [1.82, 2.24) is 24.9 Å². The quantitative estimate of drug-likeness (QED) is 0.169. The fourth-order valence-corrected chi connectivity index (χ4v) is 6.32. The van der Waals surface area contributed by atoms with Gasteiger partial charge in [-0.2, -0.15) is 0 Å². The number of rotatable bonds is 4. The molecule has 8 heteroatoms. The molecule has 6 heterocycles. The molecule has 7 nitrogen and oxygen atoms in total. The van der Waals surface area contributed by atoms with Crippen LogP contribution in [0.15, 0.2) is 72.8 Å². The van der Waals surface area contributed by atoms with Crippen molar-refractivity contribution >= 4 is 62.5 Å². The summed E-state index contributed by atoms with van der Waals surface area (Å²) >= 11 is 0. The summed E-state index contributed by atoms with van der Waals surface area (Å²) in [5, 5.41) is 9.49. The SMILES string of the molecule is CCC1=C(C)c2cc3ccc([nH]3)c(-c3ccc(C(=O)O)cc3)c3ccc(cc4nc(cc5nc(cc1n2)C=C5)C(CC)=C4C)[nH]3.[Mn+2]. The van der Waals surface area contributed by atoms with Crippen LogP contribution in [0, 0.1) is 0 Å². The normalized spacial score (nSPS) is 13.1. The first-order valence-corrected chi connectivity index (χ1v) is 15.3. The van der Waals surface area contributed by atoms with Crippen LogP contribution in [0.5, 0.6) is 0 Å². The molecule has 3 aliphatic rings. The maximum Gasteiger partial charge on any atom is 2.00 e. The second-order valence-electron chi connectivity index (χ2n) is 11.5. The molecule has 10 bridgehead atoms. The molecule has 46 heavy (non-hydrogen) atoms. The predicted octanol–water partition coefficient (Wildman–Crippen LogP) is 9.36. The number of H-pyrrole nitrogens is 2. The van der Waals surface area contributed by atoms with Crippen LogP contribution in [-0.2, 0) is 17.1 Å². The molecule has 1 aromatic carbocycles. The summed E-state index contributed by atoms with van der Waals surface area (Å²) in [6.45, 7) is 8.56. The zero-order chi connectivity index (χ0) is 31.2. The number of aromatic carboxylic acids is 1. The monoisotopic (exact) mass is 646 g/mol. The van der Waals surface area contributed by atoms with E-state index in [-0.39, 0.29) is 22.6 Å². The number of hydrogen-bond acceptors (Lipinski definition) is 4. The van der Waals surface area contributed by atoms with E-state index in [4.69, 9.17) is 15.0 Å². The molecule has 0 fully saturated rings. The Morgan fingerprint density at radius 1 is 0.652 bits per heavy atom. The van der Waals surface area contributed by atoms with E-state index in [1.807, 2.05) is 24.3 Å². The number of nitrogens with one attached hydrogen (secondary N) is 2. The minimum atomic E-state index is -0.952. The van der Waals surface area contributed by atoms with E-state index in [2.05, 4.69) is 86.2 Å². The van der Waals surface area contributed by atoms with E-state index in [1.165, 1.54) is 11.1 Å². The van der Waals surface area contributed by atoms with Crippen molar-refractivity contribution in [2.24, 2.45) is 0 Å². The van der Waals surface area contributed by atoms with Crippen molar-refractivity contribution in [3.63, 3.8) is 0 Å². The fraction of sp³-hybridized carbons (Fsp3) is 0.158. The van der Waals surface area contributed by atoms with Crippen LogP contribution in [0.4, 0.5) is 0 Å². The van der Waals surface area contributed by atoms with Gasteiger partial charge in [-0.15, -0.1) is 0 Å². The Morgan fingerprint density at radius 2 is 1.13 bits per heavy atom. The molecule has 7 rings (SSSR count). The topological polar surface area (TPSA) is 108 Å². The van der Waals surface area contributed by atoms with Gasteiger partial charge in [-0.1, -0.05) is 26.0 Å². The van der Waals surface area contributed by atoms with E-state index in [9.17, 15) is 9.90 Å². The molecule has 3 aliphatic heterocycles. The average Bonchev–Trinajstić information content (AvgIpc) is 3.86. The first-order chi connectivity index (χ1) is 21.8. The van der Waals surface area contributed by atoms with Gasteiger partial charge in [-0.05, 0) is 127 Å². The summed E-state index contributed by atoms with van der Waals surface area (Å²) in [5.41, 5.74) is 15.9.